The maximum absolute atomic E-state index is 12.5. The lowest BCUT2D eigenvalue weighted by Crippen LogP contribution is -2.29. The number of carbonyl (C=O) groups is 1. The van der Waals surface area contributed by atoms with Crippen molar-refractivity contribution in [2.24, 2.45) is 0 Å². The highest BCUT2D eigenvalue weighted by Crippen LogP contribution is 2.27. The topological polar surface area (TPSA) is 76.1 Å². The smallest absolute Gasteiger partial charge is 0.378 e. The molecule has 128 valence electrons. The first kappa shape index (κ1) is 17.5. The van der Waals surface area contributed by atoms with Gasteiger partial charge in [-0.15, -0.1) is 0 Å². The fourth-order valence-electron chi connectivity index (χ4n) is 2.23. The molecule has 1 fully saturated rings. The molecule has 2 heterocycles. The quantitative estimate of drug-likeness (QED) is 0.747. The highest BCUT2D eigenvalue weighted by atomic mass is 19.4. The number of aromatic nitrogens is 2. The van der Waals surface area contributed by atoms with Gasteiger partial charge in [-0.1, -0.05) is 0 Å². The maximum atomic E-state index is 12.5. The van der Waals surface area contributed by atoms with Crippen LogP contribution >= 0.6 is 0 Å². The summed E-state index contributed by atoms with van der Waals surface area (Å²) in [7, 11) is 0. The Labute approximate surface area is 131 Å². The van der Waals surface area contributed by atoms with E-state index in [1.165, 1.54) is 0 Å². The van der Waals surface area contributed by atoms with Crippen LogP contribution in [0.3, 0.4) is 0 Å². The second-order valence-corrected chi connectivity index (χ2v) is 5.21. The minimum absolute atomic E-state index is 0.104. The van der Waals surface area contributed by atoms with Gasteiger partial charge < -0.3 is 15.4 Å². The second-order valence-electron chi connectivity index (χ2n) is 5.21. The summed E-state index contributed by atoms with van der Waals surface area (Å²) in [5, 5.41) is 5.34. The van der Waals surface area contributed by atoms with Crippen molar-refractivity contribution in [3.8, 4) is 0 Å². The number of rotatable bonds is 7. The summed E-state index contributed by atoms with van der Waals surface area (Å²) in [6, 6.07) is 0.804. The monoisotopic (exact) mass is 332 g/mol. The number of alkyl halides is 3. The predicted molar refractivity (Wildman–Crippen MR) is 76.7 cm³/mol. The van der Waals surface area contributed by atoms with Crippen LogP contribution in [0.25, 0.3) is 0 Å². The molecule has 0 spiro atoms. The zero-order chi connectivity index (χ0) is 16.7. The van der Waals surface area contributed by atoms with Gasteiger partial charge in [0, 0.05) is 32.3 Å². The van der Waals surface area contributed by atoms with Gasteiger partial charge in [0.05, 0.1) is 6.10 Å². The lowest BCUT2D eigenvalue weighted by atomic mass is 10.1. The third-order valence-corrected chi connectivity index (χ3v) is 3.39. The van der Waals surface area contributed by atoms with E-state index in [1.807, 2.05) is 0 Å². The van der Waals surface area contributed by atoms with Crippen LogP contribution in [0.2, 0.25) is 0 Å². The van der Waals surface area contributed by atoms with Gasteiger partial charge in [-0.05, 0) is 25.3 Å². The number of halogens is 3. The predicted octanol–water partition coefficient (Wildman–Crippen LogP) is 1.98. The summed E-state index contributed by atoms with van der Waals surface area (Å²) in [4.78, 5) is 18.7. The molecule has 0 aromatic carbocycles. The number of anilines is 1. The van der Waals surface area contributed by atoms with Gasteiger partial charge in [0.2, 0.25) is 11.9 Å². The molecule has 0 unspecified atom stereocenters. The van der Waals surface area contributed by atoms with Crippen molar-refractivity contribution < 1.29 is 22.7 Å². The maximum Gasteiger partial charge on any atom is 0.433 e. The van der Waals surface area contributed by atoms with E-state index in [0.717, 1.165) is 31.7 Å². The lowest BCUT2D eigenvalue weighted by molar-refractivity contribution is -0.141. The molecule has 0 radical (unpaired) electrons. The normalized spacial score (nSPS) is 18.0. The van der Waals surface area contributed by atoms with Crippen LogP contribution in [-0.2, 0) is 15.7 Å². The lowest BCUT2D eigenvalue weighted by Gasteiger charge is -2.10. The Kier molecular flexibility index (Phi) is 6.14. The van der Waals surface area contributed by atoms with Crippen LogP contribution in [0.5, 0.6) is 0 Å². The van der Waals surface area contributed by atoms with Gasteiger partial charge >= 0.3 is 6.18 Å². The van der Waals surface area contributed by atoms with Crippen molar-refractivity contribution in [3.05, 3.63) is 18.0 Å². The van der Waals surface area contributed by atoms with Crippen molar-refractivity contribution in [3.63, 3.8) is 0 Å². The molecule has 1 atom stereocenters. The number of hydrogen-bond acceptors (Lipinski definition) is 5. The first-order chi connectivity index (χ1) is 10.9. The van der Waals surface area contributed by atoms with Crippen LogP contribution in [-0.4, -0.2) is 41.7 Å². The molecule has 1 amide bonds. The molecule has 6 nitrogen and oxygen atoms in total. The van der Waals surface area contributed by atoms with Crippen molar-refractivity contribution in [1.82, 2.24) is 15.3 Å². The van der Waals surface area contributed by atoms with Gasteiger partial charge in [-0.25, -0.2) is 9.97 Å². The zero-order valence-corrected chi connectivity index (χ0v) is 12.5. The SMILES string of the molecule is O=C(CC[C@H]1CCCO1)NCCNc1nccc(C(F)(F)F)n1. The Bertz CT molecular complexity index is 519. The number of hydrogen-bond donors (Lipinski definition) is 2. The Morgan fingerprint density at radius 1 is 1.39 bits per heavy atom. The van der Waals surface area contributed by atoms with E-state index in [4.69, 9.17) is 4.74 Å². The second kappa shape index (κ2) is 8.09. The minimum atomic E-state index is -4.50. The molecule has 0 saturated carbocycles. The molecule has 1 aliphatic heterocycles. The van der Waals surface area contributed by atoms with Crippen LogP contribution in [0.15, 0.2) is 12.3 Å². The number of carbonyl (C=O) groups excluding carboxylic acids is 1. The van der Waals surface area contributed by atoms with E-state index in [2.05, 4.69) is 20.6 Å². The Balaban J connectivity index is 1.64. The van der Waals surface area contributed by atoms with E-state index in [0.29, 0.717) is 12.8 Å². The van der Waals surface area contributed by atoms with E-state index >= 15 is 0 Å². The Morgan fingerprint density at radius 2 is 2.22 bits per heavy atom. The van der Waals surface area contributed by atoms with E-state index in [9.17, 15) is 18.0 Å². The first-order valence-corrected chi connectivity index (χ1v) is 7.47. The number of ether oxygens (including phenoxy) is 1. The van der Waals surface area contributed by atoms with Crippen molar-refractivity contribution in [1.29, 1.82) is 0 Å². The van der Waals surface area contributed by atoms with Gasteiger partial charge in [0.1, 0.15) is 5.69 Å². The Morgan fingerprint density at radius 3 is 2.91 bits per heavy atom. The highest BCUT2D eigenvalue weighted by molar-refractivity contribution is 5.75. The molecular weight excluding hydrogens is 313 g/mol. The largest absolute Gasteiger partial charge is 0.433 e. The van der Waals surface area contributed by atoms with Crippen molar-refractivity contribution in [2.75, 3.05) is 25.0 Å². The van der Waals surface area contributed by atoms with Crippen molar-refractivity contribution in [2.45, 2.75) is 38.0 Å². The molecule has 1 aliphatic rings. The molecule has 1 aromatic heterocycles. The van der Waals surface area contributed by atoms with Crippen LogP contribution < -0.4 is 10.6 Å². The van der Waals surface area contributed by atoms with E-state index in [-0.39, 0.29) is 31.0 Å². The summed E-state index contributed by atoms with van der Waals surface area (Å²) in [5.41, 5.74) is -1.00. The fourth-order valence-corrected chi connectivity index (χ4v) is 2.23. The van der Waals surface area contributed by atoms with Gasteiger partial charge in [0.25, 0.3) is 0 Å². The molecule has 0 bridgehead atoms. The van der Waals surface area contributed by atoms with E-state index in [1.54, 1.807) is 0 Å². The highest BCUT2D eigenvalue weighted by Gasteiger charge is 2.32. The number of nitrogens with zero attached hydrogens (tertiary/aromatic N) is 2. The molecule has 23 heavy (non-hydrogen) atoms. The summed E-state index contributed by atoms with van der Waals surface area (Å²) < 4.78 is 42.9. The minimum Gasteiger partial charge on any atom is -0.378 e. The van der Waals surface area contributed by atoms with Gasteiger partial charge in [-0.2, -0.15) is 13.2 Å². The van der Waals surface area contributed by atoms with Gasteiger partial charge in [0.15, 0.2) is 0 Å². The summed E-state index contributed by atoms with van der Waals surface area (Å²) in [5.74, 6) is -0.222. The van der Waals surface area contributed by atoms with Crippen LogP contribution in [0.1, 0.15) is 31.4 Å². The molecule has 0 aliphatic carbocycles. The average Bonchev–Trinajstić information content (AvgIpc) is 3.02. The van der Waals surface area contributed by atoms with Crippen molar-refractivity contribution >= 4 is 11.9 Å². The zero-order valence-electron chi connectivity index (χ0n) is 12.5. The number of nitrogens with one attached hydrogen (secondary N) is 2. The molecule has 2 N–H and O–H groups in total. The average molecular weight is 332 g/mol. The third kappa shape index (κ3) is 6.01. The van der Waals surface area contributed by atoms with E-state index < -0.39 is 11.9 Å². The van der Waals surface area contributed by atoms with Crippen LogP contribution in [0, 0.1) is 0 Å². The molecule has 1 aromatic rings. The third-order valence-electron chi connectivity index (χ3n) is 3.39. The molecule has 2 rings (SSSR count). The Hall–Kier alpha value is -1.90. The fraction of sp³-hybridized carbons (Fsp3) is 0.643. The molecule has 9 heteroatoms. The number of amides is 1. The van der Waals surface area contributed by atoms with Crippen LogP contribution in [0.4, 0.5) is 19.1 Å². The summed E-state index contributed by atoms with van der Waals surface area (Å²) >= 11 is 0. The van der Waals surface area contributed by atoms with Gasteiger partial charge in [-0.3, -0.25) is 4.79 Å². The first-order valence-electron chi connectivity index (χ1n) is 7.47. The molecular formula is C14H19F3N4O2. The summed E-state index contributed by atoms with van der Waals surface area (Å²) in [6.07, 6.45) is -0.207. The standard InChI is InChI=1S/C14H19F3N4O2/c15-14(16,17)11-5-6-19-13(21-11)20-8-7-18-12(22)4-3-10-2-1-9-23-10/h5-6,10H,1-4,7-9H2,(H,18,22)(H,19,20,21)/t10-/m1/s1. The molecule has 1 saturated heterocycles. The summed E-state index contributed by atoms with van der Waals surface area (Å²) in [6.45, 7) is 1.28.